The summed E-state index contributed by atoms with van der Waals surface area (Å²) >= 11 is 0. The lowest BCUT2D eigenvalue weighted by Gasteiger charge is -2.21. The highest BCUT2D eigenvalue weighted by molar-refractivity contribution is 5.86. The zero-order valence-corrected chi connectivity index (χ0v) is 14.0. The van der Waals surface area contributed by atoms with Crippen molar-refractivity contribution >= 4 is 0 Å². The van der Waals surface area contributed by atoms with Gasteiger partial charge in [-0.15, -0.1) is 0 Å². The fourth-order valence-corrected chi connectivity index (χ4v) is 2.97. The Morgan fingerprint density at radius 1 is 0.704 bits per heavy atom. The number of halogens is 6. The summed E-state index contributed by atoms with van der Waals surface area (Å²) in [6, 6.07) is 11.9. The van der Waals surface area contributed by atoms with E-state index in [2.05, 4.69) is 4.98 Å². The van der Waals surface area contributed by atoms with E-state index in [1.54, 1.807) is 18.2 Å². The van der Waals surface area contributed by atoms with Crippen LogP contribution in [0.1, 0.15) is 16.7 Å². The van der Waals surface area contributed by atoms with Gasteiger partial charge in [0.2, 0.25) is 0 Å². The zero-order chi connectivity index (χ0) is 19.8. The lowest BCUT2D eigenvalue weighted by Crippen LogP contribution is -2.15. The Labute approximate surface area is 151 Å². The molecule has 0 atom stereocenters. The minimum atomic E-state index is -4.95. The highest BCUT2D eigenvalue weighted by atomic mass is 19.4. The van der Waals surface area contributed by atoms with E-state index in [1.807, 2.05) is 0 Å². The Hall–Kier alpha value is -2.83. The van der Waals surface area contributed by atoms with Gasteiger partial charge in [-0.25, -0.2) is 0 Å². The van der Waals surface area contributed by atoms with Gasteiger partial charge in [-0.05, 0) is 42.3 Å². The van der Waals surface area contributed by atoms with Crippen molar-refractivity contribution in [3.8, 4) is 22.4 Å². The molecule has 3 aromatic rings. The molecule has 0 unspecified atom stereocenters. The third-order valence-corrected chi connectivity index (χ3v) is 4.03. The average Bonchev–Trinajstić information content (AvgIpc) is 2.60. The summed E-state index contributed by atoms with van der Waals surface area (Å²) in [7, 11) is 0. The molecule has 0 saturated carbocycles. The zero-order valence-electron chi connectivity index (χ0n) is 14.0. The van der Waals surface area contributed by atoms with Crippen molar-refractivity contribution in [2.75, 3.05) is 0 Å². The number of hydrogen-bond donors (Lipinski definition) is 0. The Morgan fingerprint density at radius 3 is 1.70 bits per heavy atom. The molecule has 0 bridgehead atoms. The molecule has 0 fully saturated rings. The van der Waals surface area contributed by atoms with Crippen molar-refractivity contribution in [1.29, 1.82) is 0 Å². The van der Waals surface area contributed by atoms with Crippen LogP contribution < -0.4 is 0 Å². The molecule has 0 N–H and O–H groups in total. The summed E-state index contributed by atoms with van der Waals surface area (Å²) in [5.74, 6) is 0. The summed E-state index contributed by atoms with van der Waals surface area (Å²) in [4.78, 5) is 4.07. The van der Waals surface area contributed by atoms with E-state index >= 15 is 0 Å². The van der Waals surface area contributed by atoms with E-state index in [4.69, 9.17) is 0 Å². The van der Waals surface area contributed by atoms with Crippen LogP contribution in [0.5, 0.6) is 0 Å². The van der Waals surface area contributed by atoms with Crippen molar-refractivity contribution in [1.82, 2.24) is 4.98 Å². The van der Waals surface area contributed by atoms with Crippen molar-refractivity contribution in [2.24, 2.45) is 0 Å². The van der Waals surface area contributed by atoms with Gasteiger partial charge in [0.15, 0.2) is 0 Å². The third-order valence-electron chi connectivity index (χ3n) is 4.03. The van der Waals surface area contributed by atoms with Gasteiger partial charge < -0.3 is 0 Å². The summed E-state index contributed by atoms with van der Waals surface area (Å²) < 4.78 is 81.8. The maximum atomic E-state index is 13.6. The Kier molecular flexibility index (Phi) is 4.71. The first-order chi connectivity index (χ1) is 12.6. The van der Waals surface area contributed by atoms with E-state index in [1.165, 1.54) is 37.4 Å². The molecule has 0 radical (unpaired) electrons. The Bertz CT molecular complexity index is 923. The van der Waals surface area contributed by atoms with Gasteiger partial charge in [-0.3, -0.25) is 4.98 Å². The number of alkyl halides is 6. The molecule has 1 nitrogen and oxygen atoms in total. The molecule has 1 aromatic heterocycles. The van der Waals surface area contributed by atoms with Crippen LogP contribution in [0.2, 0.25) is 0 Å². The molecule has 0 saturated heterocycles. The smallest absolute Gasteiger partial charge is 0.256 e. The summed E-state index contributed by atoms with van der Waals surface area (Å²) in [6.07, 6.45) is -8.46. The molecule has 0 spiro atoms. The maximum absolute atomic E-state index is 13.6. The van der Waals surface area contributed by atoms with E-state index in [-0.39, 0.29) is 22.4 Å². The molecule has 0 amide bonds. The average molecular weight is 381 g/mol. The minimum absolute atomic E-state index is 0.117. The van der Waals surface area contributed by atoms with Crippen LogP contribution >= 0.6 is 0 Å². The van der Waals surface area contributed by atoms with Crippen molar-refractivity contribution in [3.05, 3.63) is 77.5 Å². The Morgan fingerprint density at radius 2 is 1.22 bits per heavy atom. The fraction of sp³-hybridized carbons (Fsp3) is 0.150. The first kappa shape index (κ1) is 18.9. The van der Waals surface area contributed by atoms with Crippen LogP contribution in [0, 0.1) is 6.92 Å². The van der Waals surface area contributed by atoms with Crippen LogP contribution in [-0.4, -0.2) is 4.98 Å². The van der Waals surface area contributed by atoms with Crippen molar-refractivity contribution < 1.29 is 26.3 Å². The Balaban J connectivity index is 2.42. The minimum Gasteiger partial charge on any atom is -0.256 e. The predicted molar refractivity (Wildman–Crippen MR) is 89.9 cm³/mol. The van der Waals surface area contributed by atoms with Crippen LogP contribution in [0.15, 0.2) is 60.8 Å². The monoisotopic (exact) mass is 381 g/mol. The number of rotatable bonds is 2. The van der Waals surface area contributed by atoms with Crippen LogP contribution in [0.3, 0.4) is 0 Å². The maximum Gasteiger partial charge on any atom is 0.417 e. The molecule has 7 heteroatoms. The largest absolute Gasteiger partial charge is 0.417 e. The molecular formula is C20H13F6N. The second kappa shape index (κ2) is 6.72. The van der Waals surface area contributed by atoms with E-state index in [0.29, 0.717) is 0 Å². The normalized spacial score (nSPS) is 12.3. The topological polar surface area (TPSA) is 12.9 Å². The SMILES string of the molecule is Cc1cc(C(F)(F)F)c(-c2ccccc2-c2ccccn2)c(C(F)(F)F)c1. The number of pyridine rings is 1. The molecule has 2 aromatic carbocycles. The second-order valence-electron chi connectivity index (χ2n) is 5.99. The van der Waals surface area contributed by atoms with Crippen molar-refractivity contribution in [3.63, 3.8) is 0 Å². The van der Waals surface area contributed by atoms with Crippen LogP contribution in [-0.2, 0) is 12.4 Å². The van der Waals surface area contributed by atoms with Gasteiger partial charge in [0.25, 0.3) is 0 Å². The summed E-state index contributed by atoms with van der Waals surface area (Å²) in [6.45, 7) is 1.21. The van der Waals surface area contributed by atoms with Gasteiger partial charge >= 0.3 is 12.4 Å². The lowest BCUT2D eigenvalue weighted by atomic mass is 9.88. The number of benzene rings is 2. The number of aromatic nitrogens is 1. The first-order valence-electron chi connectivity index (χ1n) is 7.89. The second-order valence-corrected chi connectivity index (χ2v) is 5.99. The highest BCUT2D eigenvalue weighted by Crippen LogP contribution is 2.47. The standard InChI is InChI=1S/C20H13F6N/c1-12-10-15(19(21,22)23)18(16(11-12)20(24,25)26)14-7-3-2-6-13(14)17-8-4-5-9-27-17/h2-11H,1H3. The molecule has 0 aliphatic rings. The first-order valence-corrected chi connectivity index (χ1v) is 7.89. The molecule has 3 rings (SSSR count). The van der Waals surface area contributed by atoms with Gasteiger partial charge in [0, 0.05) is 17.3 Å². The van der Waals surface area contributed by atoms with Crippen LogP contribution in [0.4, 0.5) is 26.3 Å². The fourth-order valence-electron chi connectivity index (χ4n) is 2.97. The highest BCUT2D eigenvalue weighted by Gasteiger charge is 2.42. The van der Waals surface area contributed by atoms with E-state index in [9.17, 15) is 26.3 Å². The molecule has 0 aliphatic heterocycles. The number of aryl methyl sites for hydroxylation is 1. The molecule has 27 heavy (non-hydrogen) atoms. The quantitative estimate of drug-likeness (QED) is 0.447. The number of nitrogens with zero attached hydrogens (tertiary/aromatic N) is 1. The van der Waals surface area contributed by atoms with E-state index in [0.717, 1.165) is 12.1 Å². The number of hydrogen-bond acceptors (Lipinski definition) is 1. The van der Waals surface area contributed by atoms with Crippen molar-refractivity contribution in [2.45, 2.75) is 19.3 Å². The van der Waals surface area contributed by atoms with Gasteiger partial charge in [-0.2, -0.15) is 26.3 Å². The summed E-state index contributed by atoms with van der Waals surface area (Å²) in [5, 5.41) is 0. The molecule has 0 aliphatic carbocycles. The molecule has 1 heterocycles. The van der Waals surface area contributed by atoms with E-state index < -0.39 is 29.0 Å². The van der Waals surface area contributed by atoms with Gasteiger partial charge in [0.1, 0.15) is 0 Å². The molecule has 140 valence electrons. The molecular weight excluding hydrogens is 368 g/mol. The lowest BCUT2D eigenvalue weighted by molar-refractivity contribution is -0.142. The van der Waals surface area contributed by atoms with Gasteiger partial charge in [0.05, 0.1) is 16.8 Å². The third kappa shape index (κ3) is 3.82. The van der Waals surface area contributed by atoms with Gasteiger partial charge in [-0.1, -0.05) is 30.3 Å². The predicted octanol–water partition coefficient (Wildman–Crippen LogP) is 6.76. The summed E-state index contributed by atoms with van der Waals surface area (Å²) in [5.41, 5.74) is -3.34. The van der Waals surface area contributed by atoms with Crippen LogP contribution in [0.25, 0.3) is 22.4 Å².